The second-order valence-electron chi connectivity index (χ2n) is 9.22. The van der Waals surface area contributed by atoms with E-state index in [1.54, 1.807) is 0 Å². The van der Waals surface area contributed by atoms with E-state index in [9.17, 15) is 13.6 Å². The summed E-state index contributed by atoms with van der Waals surface area (Å²) >= 11 is 0. The molecule has 1 aliphatic heterocycles. The number of hydrogen-bond donors (Lipinski definition) is 1. The van der Waals surface area contributed by atoms with Crippen LogP contribution in [-0.4, -0.2) is 17.9 Å². The van der Waals surface area contributed by atoms with Crippen molar-refractivity contribution in [1.29, 1.82) is 0 Å². The van der Waals surface area contributed by atoms with E-state index in [4.69, 9.17) is 4.74 Å². The minimum absolute atomic E-state index is 0.0112. The lowest BCUT2D eigenvalue weighted by molar-refractivity contribution is 0.0865. The monoisotopic (exact) mass is 474 g/mol. The molecule has 1 unspecified atom stereocenters. The third-order valence-corrected chi connectivity index (χ3v) is 6.80. The SMILES string of the molecule is O=C(Nc1ccc(-c2ccc(C3CCC(c4c(F)cccc4F)=N3)cc2)cc1)OC1CCCCC1. The number of benzene rings is 3. The molecule has 0 spiro atoms. The highest BCUT2D eigenvalue weighted by Gasteiger charge is 2.24. The molecule has 0 saturated heterocycles. The number of carbonyl (C=O) groups excluding carboxylic acids is 1. The number of nitrogens with zero attached hydrogens (tertiary/aromatic N) is 1. The first kappa shape index (κ1) is 23.2. The lowest BCUT2D eigenvalue weighted by Crippen LogP contribution is -2.24. The van der Waals surface area contributed by atoms with Crippen molar-refractivity contribution in [3.05, 3.63) is 89.5 Å². The number of carbonyl (C=O) groups is 1. The topological polar surface area (TPSA) is 50.7 Å². The van der Waals surface area contributed by atoms with E-state index in [0.29, 0.717) is 17.8 Å². The van der Waals surface area contributed by atoms with Crippen molar-refractivity contribution < 1.29 is 18.3 Å². The van der Waals surface area contributed by atoms with E-state index in [1.807, 2.05) is 48.5 Å². The molecule has 180 valence electrons. The van der Waals surface area contributed by atoms with Crippen molar-refractivity contribution in [1.82, 2.24) is 0 Å². The van der Waals surface area contributed by atoms with Gasteiger partial charge in [-0.25, -0.2) is 13.6 Å². The number of aliphatic imine (C=N–C) groups is 1. The second-order valence-corrected chi connectivity index (χ2v) is 9.22. The van der Waals surface area contributed by atoms with Crippen LogP contribution in [0.4, 0.5) is 19.3 Å². The molecule has 0 radical (unpaired) electrons. The summed E-state index contributed by atoms with van der Waals surface area (Å²) in [5.74, 6) is -1.14. The molecule has 1 N–H and O–H groups in total. The number of amides is 1. The summed E-state index contributed by atoms with van der Waals surface area (Å²) in [4.78, 5) is 16.8. The maximum Gasteiger partial charge on any atom is 0.411 e. The number of hydrogen-bond acceptors (Lipinski definition) is 3. The summed E-state index contributed by atoms with van der Waals surface area (Å²) in [6, 6.07) is 19.5. The van der Waals surface area contributed by atoms with Gasteiger partial charge in [0.15, 0.2) is 0 Å². The fourth-order valence-electron chi connectivity index (χ4n) is 4.92. The molecule has 0 aromatic heterocycles. The second kappa shape index (κ2) is 10.4. The molecule has 0 bridgehead atoms. The van der Waals surface area contributed by atoms with E-state index in [2.05, 4.69) is 10.3 Å². The summed E-state index contributed by atoms with van der Waals surface area (Å²) in [6.45, 7) is 0. The zero-order valence-electron chi connectivity index (χ0n) is 19.5. The van der Waals surface area contributed by atoms with Crippen molar-refractivity contribution in [3.63, 3.8) is 0 Å². The van der Waals surface area contributed by atoms with Gasteiger partial charge in [-0.15, -0.1) is 0 Å². The molecule has 1 atom stereocenters. The molecular formula is C29H28F2N2O2. The molecular weight excluding hydrogens is 446 g/mol. The van der Waals surface area contributed by atoms with Gasteiger partial charge in [0.1, 0.15) is 17.7 Å². The number of anilines is 1. The zero-order chi connectivity index (χ0) is 24.2. The van der Waals surface area contributed by atoms with E-state index < -0.39 is 17.7 Å². The molecule has 5 rings (SSSR count). The number of rotatable bonds is 5. The van der Waals surface area contributed by atoms with Gasteiger partial charge in [0.05, 0.1) is 11.6 Å². The molecule has 1 aliphatic carbocycles. The Morgan fingerprint density at radius 3 is 2.11 bits per heavy atom. The fraction of sp³-hybridized carbons (Fsp3) is 0.310. The van der Waals surface area contributed by atoms with Crippen LogP contribution in [0.25, 0.3) is 11.1 Å². The Kier molecular flexibility index (Phi) is 6.89. The minimum atomic E-state index is -0.570. The van der Waals surface area contributed by atoms with Gasteiger partial charge in [-0.2, -0.15) is 0 Å². The van der Waals surface area contributed by atoms with Crippen LogP contribution < -0.4 is 5.32 Å². The first-order valence-electron chi connectivity index (χ1n) is 12.3. The van der Waals surface area contributed by atoms with Crippen LogP contribution in [-0.2, 0) is 4.74 Å². The molecule has 1 amide bonds. The zero-order valence-corrected chi connectivity index (χ0v) is 19.5. The van der Waals surface area contributed by atoms with Gasteiger partial charge < -0.3 is 4.74 Å². The van der Waals surface area contributed by atoms with Crippen LogP contribution in [0.5, 0.6) is 0 Å². The van der Waals surface area contributed by atoms with Crippen molar-refractivity contribution in [3.8, 4) is 11.1 Å². The quantitative estimate of drug-likeness (QED) is 0.410. The van der Waals surface area contributed by atoms with Crippen LogP contribution in [0.1, 0.15) is 62.1 Å². The Hall–Kier alpha value is -3.54. The van der Waals surface area contributed by atoms with Gasteiger partial charge in [0, 0.05) is 11.4 Å². The van der Waals surface area contributed by atoms with E-state index >= 15 is 0 Å². The molecule has 4 nitrogen and oxygen atoms in total. The highest BCUT2D eigenvalue weighted by Crippen LogP contribution is 2.33. The van der Waals surface area contributed by atoms with Gasteiger partial charge in [0.2, 0.25) is 0 Å². The fourth-order valence-corrected chi connectivity index (χ4v) is 4.92. The smallest absolute Gasteiger partial charge is 0.411 e. The Balaban J connectivity index is 1.22. The normalized spacial score (nSPS) is 18.2. The van der Waals surface area contributed by atoms with Crippen LogP contribution >= 0.6 is 0 Å². The third kappa shape index (κ3) is 5.42. The molecule has 1 heterocycles. The molecule has 3 aromatic rings. The average Bonchev–Trinajstić information content (AvgIpc) is 3.35. The minimum Gasteiger partial charge on any atom is -0.446 e. The highest BCUT2D eigenvalue weighted by molar-refractivity contribution is 6.02. The molecule has 2 aliphatic rings. The van der Waals surface area contributed by atoms with Crippen LogP contribution in [0.3, 0.4) is 0 Å². The molecule has 1 fully saturated rings. The van der Waals surface area contributed by atoms with Crippen molar-refractivity contribution >= 4 is 17.5 Å². The summed E-state index contributed by atoms with van der Waals surface area (Å²) < 4.78 is 33.8. The van der Waals surface area contributed by atoms with Crippen LogP contribution in [0.15, 0.2) is 71.7 Å². The lowest BCUT2D eigenvalue weighted by atomic mass is 9.98. The van der Waals surface area contributed by atoms with E-state index in [-0.39, 0.29) is 17.7 Å². The Bertz CT molecular complexity index is 1200. The number of halogens is 2. The van der Waals surface area contributed by atoms with E-state index in [0.717, 1.165) is 48.8 Å². The summed E-state index contributed by atoms with van der Waals surface area (Å²) in [5.41, 5.74) is 4.24. The Morgan fingerprint density at radius 2 is 1.46 bits per heavy atom. The third-order valence-electron chi connectivity index (χ3n) is 6.80. The number of ether oxygens (including phenoxy) is 1. The van der Waals surface area contributed by atoms with E-state index in [1.165, 1.54) is 24.6 Å². The summed E-state index contributed by atoms with van der Waals surface area (Å²) in [6.07, 6.45) is 6.21. The standard InChI is InChI=1S/C29H28F2N2O2/c30-24-7-4-8-25(31)28(24)27-18-17-26(33-27)21-11-9-19(10-12-21)20-13-15-22(16-14-20)32-29(34)35-23-5-2-1-3-6-23/h4,7-16,23,26H,1-3,5-6,17-18H2,(H,32,34). The van der Waals surface area contributed by atoms with Crippen molar-refractivity contribution in [2.75, 3.05) is 5.32 Å². The largest absolute Gasteiger partial charge is 0.446 e. The van der Waals surface area contributed by atoms with Crippen molar-refractivity contribution in [2.24, 2.45) is 4.99 Å². The molecule has 1 saturated carbocycles. The summed E-state index contributed by atoms with van der Waals surface area (Å²) in [7, 11) is 0. The average molecular weight is 475 g/mol. The van der Waals surface area contributed by atoms with Crippen LogP contribution in [0, 0.1) is 11.6 Å². The lowest BCUT2D eigenvalue weighted by Gasteiger charge is -2.21. The van der Waals surface area contributed by atoms with Gasteiger partial charge in [-0.05, 0) is 79.5 Å². The first-order chi connectivity index (χ1) is 17.1. The number of nitrogens with one attached hydrogen (secondary N) is 1. The first-order valence-corrected chi connectivity index (χ1v) is 12.3. The maximum absolute atomic E-state index is 14.1. The van der Waals surface area contributed by atoms with Gasteiger partial charge in [-0.3, -0.25) is 10.3 Å². The van der Waals surface area contributed by atoms with Gasteiger partial charge in [-0.1, -0.05) is 48.9 Å². The molecule has 6 heteroatoms. The van der Waals surface area contributed by atoms with Crippen molar-refractivity contribution in [2.45, 2.75) is 57.1 Å². The van der Waals surface area contributed by atoms with Gasteiger partial charge >= 0.3 is 6.09 Å². The molecule has 3 aromatic carbocycles. The predicted molar refractivity (Wildman–Crippen MR) is 134 cm³/mol. The Labute approximate surface area is 204 Å². The summed E-state index contributed by atoms with van der Waals surface area (Å²) in [5, 5.41) is 2.81. The highest BCUT2D eigenvalue weighted by atomic mass is 19.1. The van der Waals surface area contributed by atoms with Gasteiger partial charge in [0.25, 0.3) is 0 Å². The Morgan fingerprint density at radius 1 is 0.829 bits per heavy atom. The molecule has 35 heavy (non-hydrogen) atoms. The van der Waals surface area contributed by atoms with Crippen LogP contribution in [0.2, 0.25) is 0 Å². The predicted octanol–water partition coefficient (Wildman–Crippen LogP) is 7.84. The maximum atomic E-state index is 14.1.